The van der Waals surface area contributed by atoms with E-state index in [0.29, 0.717) is 5.69 Å². The number of carboxylic acid groups (broad SMARTS) is 1. The van der Waals surface area contributed by atoms with Crippen LogP contribution in [0.25, 0.3) is 0 Å². The summed E-state index contributed by atoms with van der Waals surface area (Å²) < 4.78 is 22.2. The molecule has 6 heteroatoms. The molecular weight excluding hydrogens is 242 g/mol. The highest BCUT2D eigenvalue weighted by atomic mass is 32.2. The maximum absolute atomic E-state index is 11.1. The first kappa shape index (κ1) is 13.5. The van der Waals surface area contributed by atoms with Gasteiger partial charge in [-0.2, -0.15) is 0 Å². The molecule has 0 heterocycles. The number of carbonyl (C=O) groups is 1. The molecule has 0 saturated heterocycles. The highest BCUT2D eigenvalue weighted by Gasteiger charge is 2.12. The van der Waals surface area contributed by atoms with Crippen LogP contribution in [0.3, 0.4) is 0 Å². The lowest BCUT2D eigenvalue weighted by Crippen LogP contribution is -2.33. The summed E-state index contributed by atoms with van der Waals surface area (Å²) in [5, 5.41) is 8.78. The molecule has 0 aliphatic heterocycles. The van der Waals surface area contributed by atoms with Crippen molar-refractivity contribution >= 4 is 21.5 Å². The van der Waals surface area contributed by atoms with E-state index in [4.69, 9.17) is 5.11 Å². The number of sulfone groups is 1. The Balaban J connectivity index is 2.78. The van der Waals surface area contributed by atoms with E-state index in [2.05, 4.69) is 0 Å². The molecule has 0 amide bonds. The SMILES string of the molecule is CS(=O)(=O)CCN(CC(=O)O)c1ccccc1. The Morgan fingerprint density at radius 1 is 1.29 bits per heavy atom. The quantitative estimate of drug-likeness (QED) is 0.808. The molecule has 1 rings (SSSR count). The molecule has 0 aliphatic carbocycles. The Bertz CT molecular complexity index is 470. The zero-order valence-corrected chi connectivity index (χ0v) is 10.4. The van der Waals surface area contributed by atoms with Crippen LogP contribution >= 0.6 is 0 Å². The summed E-state index contributed by atoms with van der Waals surface area (Å²) in [6, 6.07) is 8.89. The maximum Gasteiger partial charge on any atom is 0.323 e. The number of para-hydroxylation sites is 1. The van der Waals surface area contributed by atoms with Crippen molar-refractivity contribution in [2.45, 2.75) is 0 Å². The lowest BCUT2D eigenvalue weighted by molar-refractivity contribution is -0.135. The standard InChI is InChI=1S/C11H15NO4S/c1-17(15,16)8-7-12(9-11(13)14)10-5-3-2-4-6-10/h2-6H,7-9H2,1H3,(H,13,14). The van der Waals surface area contributed by atoms with E-state index in [1.807, 2.05) is 6.07 Å². The van der Waals surface area contributed by atoms with Gasteiger partial charge in [-0.25, -0.2) is 8.42 Å². The zero-order chi connectivity index (χ0) is 12.9. The molecule has 0 atom stereocenters. The molecule has 0 unspecified atom stereocenters. The molecule has 0 fully saturated rings. The Hall–Kier alpha value is -1.56. The van der Waals surface area contributed by atoms with Crippen LogP contribution in [0, 0.1) is 0 Å². The van der Waals surface area contributed by atoms with E-state index in [1.165, 1.54) is 4.90 Å². The van der Waals surface area contributed by atoms with Crippen molar-refractivity contribution in [2.24, 2.45) is 0 Å². The number of rotatable bonds is 6. The molecule has 0 aromatic heterocycles. The molecule has 1 N–H and O–H groups in total. The molecule has 0 aliphatic rings. The van der Waals surface area contributed by atoms with Gasteiger partial charge in [-0.1, -0.05) is 18.2 Å². The van der Waals surface area contributed by atoms with Gasteiger partial charge in [0.15, 0.2) is 0 Å². The fraction of sp³-hybridized carbons (Fsp3) is 0.364. The largest absolute Gasteiger partial charge is 0.480 e. The van der Waals surface area contributed by atoms with Gasteiger partial charge < -0.3 is 10.0 Å². The van der Waals surface area contributed by atoms with Gasteiger partial charge in [0.2, 0.25) is 0 Å². The predicted octanol–water partition coefficient (Wildman–Crippen LogP) is 0.622. The molecule has 1 aromatic carbocycles. The van der Waals surface area contributed by atoms with Crippen LogP contribution < -0.4 is 4.90 Å². The van der Waals surface area contributed by atoms with Crippen molar-refractivity contribution in [1.29, 1.82) is 0 Å². The number of aliphatic carboxylic acids is 1. The van der Waals surface area contributed by atoms with E-state index in [1.54, 1.807) is 24.3 Å². The van der Waals surface area contributed by atoms with E-state index in [9.17, 15) is 13.2 Å². The smallest absolute Gasteiger partial charge is 0.323 e. The molecule has 94 valence electrons. The van der Waals surface area contributed by atoms with Crippen LogP contribution in [0.1, 0.15) is 0 Å². The maximum atomic E-state index is 11.1. The molecule has 17 heavy (non-hydrogen) atoms. The van der Waals surface area contributed by atoms with Gasteiger partial charge in [0.05, 0.1) is 5.75 Å². The van der Waals surface area contributed by atoms with Gasteiger partial charge in [-0.05, 0) is 12.1 Å². The van der Waals surface area contributed by atoms with Crippen molar-refractivity contribution in [3.63, 3.8) is 0 Å². The summed E-state index contributed by atoms with van der Waals surface area (Å²) in [6.07, 6.45) is 1.14. The van der Waals surface area contributed by atoms with Gasteiger partial charge in [0.1, 0.15) is 16.4 Å². The molecular formula is C11H15NO4S. The van der Waals surface area contributed by atoms with Gasteiger partial charge in [-0.3, -0.25) is 4.79 Å². The summed E-state index contributed by atoms with van der Waals surface area (Å²) >= 11 is 0. The Morgan fingerprint density at radius 3 is 2.35 bits per heavy atom. The van der Waals surface area contributed by atoms with Crippen LogP contribution in [-0.2, 0) is 14.6 Å². The second-order valence-corrected chi connectivity index (χ2v) is 6.04. The second-order valence-electron chi connectivity index (χ2n) is 3.78. The van der Waals surface area contributed by atoms with Crippen molar-refractivity contribution in [1.82, 2.24) is 0 Å². The number of nitrogens with zero attached hydrogens (tertiary/aromatic N) is 1. The molecule has 0 radical (unpaired) electrons. The first-order chi connectivity index (χ1) is 7.88. The minimum absolute atomic E-state index is 0.0603. The summed E-state index contributed by atoms with van der Waals surface area (Å²) in [4.78, 5) is 12.2. The average Bonchev–Trinajstić information content (AvgIpc) is 2.24. The lowest BCUT2D eigenvalue weighted by atomic mass is 10.3. The van der Waals surface area contributed by atoms with Crippen LogP contribution in [0.2, 0.25) is 0 Å². The first-order valence-corrected chi connectivity index (χ1v) is 7.14. The average molecular weight is 257 g/mol. The van der Waals surface area contributed by atoms with Crippen LogP contribution in [0.5, 0.6) is 0 Å². The fourth-order valence-corrected chi connectivity index (χ4v) is 1.93. The number of hydrogen-bond acceptors (Lipinski definition) is 4. The first-order valence-electron chi connectivity index (χ1n) is 5.08. The van der Waals surface area contributed by atoms with E-state index < -0.39 is 15.8 Å². The summed E-state index contributed by atoms with van der Waals surface area (Å²) in [5.41, 5.74) is 0.707. The third-order valence-electron chi connectivity index (χ3n) is 2.18. The normalized spacial score (nSPS) is 11.1. The van der Waals surface area contributed by atoms with E-state index >= 15 is 0 Å². The van der Waals surface area contributed by atoms with Crippen LogP contribution in [0.4, 0.5) is 5.69 Å². The number of carboxylic acids is 1. The highest BCUT2D eigenvalue weighted by Crippen LogP contribution is 2.12. The third-order valence-corrected chi connectivity index (χ3v) is 3.10. The zero-order valence-electron chi connectivity index (χ0n) is 9.54. The predicted molar refractivity (Wildman–Crippen MR) is 66.0 cm³/mol. The molecule has 1 aromatic rings. The second kappa shape index (κ2) is 5.67. The van der Waals surface area contributed by atoms with Gasteiger partial charge in [0, 0.05) is 18.5 Å². The van der Waals surface area contributed by atoms with Crippen molar-refractivity contribution in [2.75, 3.05) is 30.0 Å². The van der Waals surface area contributed by atoms with Gasteiger partial charge in [-0.15, -0.1) is 0 Å². The number of benzene rings is 1. The van der Waals surface area contributed by atoms with Crippen molar-refractivity contribution in [3.05, 3.63) is 30.3 Å². The Labute approximate surface area is 101 Å². The Kier molecular flexibility index (Phi) is 4.51. The number of anilines is 1. The molecule has 0 bridgehead atoms. The minimum Gasteiger partial charge on any atom is -0.480 e. The topological polar surface area (TPSA) is 74.7 Å². The minimum atomic E-state index is -3.10. The molecule has 0 spiro atoms. The summed E-state index contributed by atoms with van der Waals surface area (Å²) in [7, 11) is -3.10. The Morgan fingerprint density at radius 2 is 1.88 bits per heavy atom. The van der Waals surface area contributed by atoms with E-state index in [-0.39, 0.29) is 18.8 Å². The van der Waals surface area contributed by atoms with Crippen molar-refractivity contribution in [3.8, 4) is 0 Å². The fourth-order valence-electron chi connectivity index (χ4n) is 1.38. The highest BCUT2D eigenvalue weighted by molar-refractivity contribution is 7.90. The lowest BCUT2D eigenvalue weighted by Gasteiger charge is -2.22. The monoisotopic (exact) mass is 257 g/mol. The van der Waals surface area contributed by atoms with Crippen LogP contribution in [-0.4, -0.2) is 44.6 Å². The molecule has 0 saturated carbocycles. The third kappa shape index (κ3) is 5.35. The van der Waals surface area contributed by atoms with Gasteiger partial charge in [0.25, 0.3) is 0 Å². The summed E-state index contributed by atoms with van der Waals surface area (Å²) in [6.45, 7) is -0.0331. The number of hydrogen-bond donors (Lipinski definition) is 1. The molecule has 5 nitrogen and oxygen atoms in total. The summed E-state index contributed by atoms with van der Waals surface area (Å²) in [5.74, 6) is -1.04. The van der Waals surface area contributed by atoms with Crippen LogP contribution in [0.15, 0.2) is 30.3 Å². The van der Waals surface area contributed by atoms with Crippen molar-refractivity contribution < 1.29 is 18.3 Å². The van der Waals surface area contributed by atoms with Gasteiger partial charge >= 0.3 is 5.97 Å². The van der Waals surface area contributed by atoms with E-state index in [0.717, 1.165) is 6.26 Å².